The summed E-state index contributed by atoms with van der Waals surface area (Å²) in [6, 6.07) is 9.10. The van der Waals surface area contributed by atoms with E-state index in [0.29, 0.717) is 17.5 Å². The molecule has 0 aromatic heterocycles. The first-order valence-corrected chi connectivity index (χ1v) is 7.82. The van der Waals surface area contributed by atoms with Gasteiger partial charge in [-0.3, -0.25) is 0 Å². The van der Waals surface area contributed by atoms with E-state index in [1.807, 2.05) is 0 Å². The molecule has 0 saturated carbocycles. The lowest BCUT2D eigenvalue weighted by atomic mass is 10.1. The number of hydrogen-bond donors (Lipinski definition) is 2. The van der Waals surface area contributed by atoms with Gasteiger partial charge in [0.1, 0.15) is 11.5 Å². The summed E-state index contributed by atoms with van der Waals surface area (Å²) in [5.74, 6) is -1.04. The Morgan fingerprint density at radius 3 is 1.56 bits per heavy atom. The zero-order chi connectivity index (χ0) is 18.4. The van der Waals surface area contributed by atoms with Crippen LogP contribution in [0.5, 0.6) is 11.5 Å². The maximum atomic E-state index is 11.8. The van der Waals surface area contributed by atoms with Gasteiger partial charge in [0.05, 0.1) is 24.3 Å². The van der Waals surface area contributed by atoms with Crippen molar-refractivity contribution in [2.24, 2.45) is 0 Å². The highest BCUT2D eigenvalue weighted by Gasteiger charge is 2.11. The predicted octanol–water partition coefficient (Wildman–Crippen LogP) is 3.12. The Morgan fingerprint density at radius 2 is 1.20 bits per heavy atom. The lowest BCUT2D eigenvalue weighted by molar-refractivity contribution is 0.0395. The molecule has 0 radical (unpaired) electrons. The molecule has 0 amide bonds. The van der Waals surface area contributed by atoms with Crippen LogP contribution in [0.4, 0.5) is 0 Å². The van der Waals surface area contributed by atoms with Crippen molar-refractivity contribution >= 4 is 11.9 Å². The van der Waals surface area contributed by atoms with Gasteiger partial charge in [0.2, 0.25) is 0 Å². The number of hydrogen-bond acceptors (Lipinski definition) is 6. The zero-order valence-corrected chi connectivity index (χ0v) is 14.1. The summed E-state index contributed by atoms with van der Waals surface area (Å²) in [7, 11) is 0. The molecule has 2 aromatic rings. The maximum absolute atomic E-state index is 11.8. The fourth-order valence-electron chi connectivity index (χ4n) is 2.03. The number of carbonyl (C=O) groups is 2. The third-order valence-electron chi connectivity index (χ3n) is 3.64. The quantitative estimate of drug-likeness (QED) is 0.618. The van der Waals surface area contributed by atoms with Crippen molar-refractivity contribution in [2.75, 3.05) is 13.2 Å². The minimum Gasteiger partial charge on any atom is -0.508 e. The number of esters is 2. The Kier molecular flexibility index (Phi) is 6.00. The number of rotatable bonds is 6. The number of phenols is 2. The molecule has 0 spiro atoms. The summed E-state index contributed by atoms with van der Waals surface area (Å²) in [5.41, 5.74) is 1.86. The average molecular weight is 344 g/mol. The Labute approximate surface area is 145 Å². The number of ether oxygens (including phenoxy) is 2. The molecule has 2 rings (SSSR count). The molecule has 0 aliphatic rings. The minimum absolute atomic E-state index is 0.0322. The standard InChI is InChI=1S/C19H20O6/c1-12-4-6-14(10-16(12)20)18(22)24-8-3-9-25-19(23)15-7-5-13(2)17(21)11-15/h4-7,10-11,20-21H,3,8-9H2,1-2H3. The third-order valence-corrected chi connectivity index (χ3v) is 3.64. The van der Waals surface area contributed by atoms with Crippen LogP contribution in [0, 0.1) is 13.8 Å². The number of aryl methyl sites for hydroxylation is 2. The first-order valence-electron chi connectivity index (χ1n) is 7.82. The first kappa shape index (κ1) is 18.3. The summed E-state index contributed by atoms with van der Waals surface area (Å²) in [4.78, 5) is 23.7. The molecule has 6 nitrogen and oxygen atoms in total. The lowest BCUT2D eigenvalue weighted by Crippen LogP contribution is -2.11. The van der Waals surface area contributed by atoms with Gasteiger partial charge in [0.25, 0.3) is 0 Å². The van der Waals surface area contributed by atoms with E-state index >= 15 is 0 Å². The fraction of sp³-hybridized carbons (Fsp3) is 0.263. The summed E-state index contributed by atoms with van der Waals surface area (Å²) in [6.45, 7) is 3.62. The van der Waals surface area contributed by atoms with E-state index in [4.69, 9.17) is 9.47 Å². The Balaban J connectivity index is 1.73. The van der Waals surface area contributed by atoms with Gasteiger partial charge in [-0.05, 0) is 49.2 Å². The molecule has 0 atom stereocenters. The van der Waals surface area contributed by atoms with E-state index in [1.54, 1.807) is 38.1 Å². The van der Waals surface area contributed by atoms with Crippen molar-refractivity contribution in [3.8, 4) is 11.5 Å². The first-order chi connectivity index (χ1) is 11.9. The molecular formula is C19H20O6. The Bertz CT molecular complexity index is 716. The maximum Gasteiger partial charge on any atom is 0.338 e. The Hall–Kier alpha value is -3.02. The van der Waals surface area contributed by atoms with Crippen molar-refractivity contribution in [1.29, 1.82) is 0 Å². The van der Waals surface area contributed by atoms with Crippen molar-refractivity contribution in [1.82, 2.24) is 0 Å². The zero-order valence-electron chi connectivity index (χ0n) is 14.1. The molecule has 25 heavy (non-hydrogen) atoms. The van der Waals surface area contributed by atoms with Gasteiger partial charge in [-0.15, -0.1) is 0 Å². The van der Waals surface area contributed by atoms with Crippen LogP contribution in [0.3, 0.4) is 0 Å². The summed E-state index contributed by atoms with van der Waals surface area (Å²) in [5, 5.41) is 19.2. The van der Waals surface area contributed by atoms with Crippen LogP contribution >= 0.6 is 0 Å². The number of aromatic hydroxyl groups is 2. The van der Waals surface area contributed by atoms with Crippen LogP contribution in [-0.2, 0) is 9.47 Å². The number of carbonyl (C=O) groups excluding carboxylic acids is 2. The topological polar surface area (TPSA) is 93.1 Å². The van der Waals surface area contributed by atoms with E-state index in [-0.39, 0.29) is 35.8 Å². The minimum atomic E-state index is -0.551. The van der Waals surface area contributed by atoms with Crippen LogP contribution in [0.1, 0.15) is 38.3 Å². The van der Waals surface area contributed by atoms with Gasteiger partial charge in [-0.25, -0.2) is 9.59 Å². The SMILES string of the molecule is Cc1ccc(C(=O)OCCCOC(=O)c2ccc(C)c(O)c2)cc1O. The van der Waals surface area contributed by atoms with Gasteiger partial charge in [0.15, 0.2) is 0 Å². The molecule has 2 aromatic carbocycles. The fourth-order valence-corrected chi connectivity index (χ4v) is 2.03. The van der Waals surface area contributed by atoms with Gasteiger partial charge in [-0.1, -0.05) is 12.1 Å². The molecule has 0 aliphatic heterocycles. The van der Waals surface area contributed by atoms with E-state index < -0.39 is 11.9 Å². The molecule has 2 N–H and O–H groups in total. The molecule has 0 heterocycles. The molecule has 0 saturated heterocycles. The van der Waals surface area contributed by atoms with Crippen LogP contribution in [0.2, 0.25) is 0 Å². The Morgan fingerprint density at radius 1 is 0.800 bits per heavy atom. The monoisotopic (exact) mass is 344 g/mol. The molecule has 132 valence electrons. The van der Waals surface area contributed by atoms with Crippen LogP contribution in [0.15, 0.2) is 36.4 Å². The van der Waals surface area contributed by atoms with E-state index in [0.717, 1.165) is 0 Å². The lowest BCUT2D eigenvalue weighted by Gasteiger charge is -2.08. The van der Waals surface area contributed by atoms with Crippen LogP contribution in [0.25, 0.3) is 0 Å². The average Bonchev–Trinajstić information content (AvgIpc) is 2.59. The van der Waals surface area contributed by atoms with E-state index in [2.05, 4.69) is 0 Å². The van der Waals surface area contributed by atoms with Crippen molar-refractivity contribution in [3.05, 3.63) is 58.7 Å². The number of phenolic OH excluding ortho intramolecular Hbond substituents is 2. The molecule has 0 bridgehead atoms. The summed E-state index contributed by atoms with van der Waals surface area (Å²) in [6.07, 6.45) is 0.340. The van der Waals surface area contributed by atoms with E-state index in [9.17, 15) is 19.8 Å². The molecule has 0 fully saturated rings. The predicted molar refractivity (Wildman–Crippen MR) is 90.9 cm³/mol. The van der Waals surface area contributed by atoms with E-state index in [1.165, 1.54) is 12.1 Å². The molecular weight excluding hydrogens is 324 g/mol. The highest BCUT2D eigenvalue weighted by molar-refractivity contribution is 5.90. The summed E-state index contributed by atoms with van der Waals surface area (Å²) < 4.78 is 10.1. The normalized spacial score (nSPS) is 10.3. The van der Waals surface area contributed by atoms with Crippen molar-refractivity contribution in [3.63, 3.8) is 0 Å². The molecule has 0 unspecified atom stereocenters. The second kappa shape index (κ2) is 8.19. The molecule has 6 heteroatoms. The van der Waals surface area contributed by atoms with Crippen LogP contribution in [-0.4, -0.2) is 35.4 Å². The van der Waals surface area contributed by atoms with Gasteiger partial charge in [-0.2, -0.15) is 0 Å². The summed E-state index contributed by atoms with van der Waals surface area (Å²) >= 11 is 0. The second-order valence-electron chi connectivity index (χ2n) is 5.63. The largest absolute Gasteiger partial charge is 0.508 e. The van der Waals surface area contributed by atoms with Crippen molar-refractivity contribution < 1.29 is 29.3 Å². The highest BCUT2D eigenvalue weighted by atomic mass is 16.5. The third kappa shape index (κ3) is 4.97. The van der Waals surface area contributed by atoms with Crippen LogP contribution < -0.4 is 0 Å². The van der Waals surface area contributed by atoms with Gasteiger partial charge >= 0.3 is 11.9 Å². The highest BCUT2D eigenvalue weighted by Crippen LogP contribution is 2.19. The molecule has 0 aliphatic carbocycles. The van der Waals surface area contributed by atoms with Crippen molar-refractivity contribution in [2.45, 2.75) is 20.3 Å². The van der Waals surface area contributed by atoms with Gasteiger partial charge < -0.3 is 19.7 Å². The smallest absolute Gasteiger partial charge is 0.338 e. The second-order valence-corrected chi connectivity index (χ2v) is 5.63. The number of benzene rings is 2. The van der Waals surface area contributed by atoms with Gasteiger partial charge in [0, 0.05) is 6.42 Å².